The molecule has 1 N–H and O–H groups in total. The first-order valence-electron chi connectivity index (χ1n) is 6.75. The van der Waals surface area contributed by atoms with Crippen LogP contribution in [0.2, 0.25) is 0 Å². The average Bonchev–Trinajstić information content (AvgIpc) is 2.93. The zero-order valence-electron chi connectivity index (χ0n) is 12.2. The number of carbonyl (C=O) groups excluding carboxylic acids is 1. The highest BCUT2D eigenvalue weighted by atomic mass is 16.5. The number of aromatic amines is 1. The number of amides is 1. The summed E-state index contributed by atoms with van der Waals surface area (Å²) < 4.78 is 7.11. The van der Waals surface area contributed by atoms with Gasteiger partial charge in [-0.05, 0) is 17.4 Å². The molecule has 1 aliphatic rings. The third-order valence-corrected chi connectivity index (χ3v) is 3.45. The van der Waals surface area contributed by atoms with E-state index in [1.165, 1.54) is 10.9 Å². The number of hydrogen-bond donors (Lipinski definition) is 1. The van der Waals surface area contributed by atoms with Gasteiger partial charge in [-0.25, -0.2) is 9.67 Å². The van der Waals surface area contributed by atoms with E-state index in [2.05, 4.69) is 25.5 Å². The molecule has 1 unspecified atom stereocenters. The number of rotatable bonds is 2. The molecule has 116 valence electrons. The van der Waals surface area contributed by atoms with Crippen LogP contribution in [0, 0.1) is 6.92 Å². The Morgan fingerprint density at radius 1 is 1.50 bits per heavy atom. The minimum absolute atomic E-state index is 0.0161. The molecule has 2 aromatic rings. The topological polar surface area (TPSA) is 119 Å². The van der Waals surface area contributed by atoms with Gasteiger partial charge >= 0.3 is 0 Å². The Morgan fingerprint density at radius 2 is 2.32 bits per heavy atom. The van der Waals surface area contributed by atoms with Gasteiger partial charge in [0, 0.05) is 19.8 Å². The fourth-order valence-corrected chi connectivity index (χ4v) is 2.31. The predicted octanol–water partition coefficient (Wildman–Crippen LogP) is -1.18. The van der Waals surface area contributed by atoms with Crippen LogP contribution in [0.4, 0.5) is 0 Å². The van der Waals surface area contributed by atoms with E-state index in [0.717, 1.165) is 0 Å². The van der Waals surface area contributed by atoms with Gasteiger partial charge in [-0.15, -0.1) is 5.10 Å². The van der Waals surface area contributed by atoms with E-state index in [1.807, 2.05) is 0 Å². The fraction of sp³-hybridized carbons (Fsp3) is 0.500. The molecule has 0 bridgehead atoms. The van der Waals surface area contributed by atoms with Gasteiger partial charge in [-0.2, -0.15) is 0 Å². The molecular weight excluding hydrogens is 290 g/mol. The zero-order valence-corrected chi connectivity index (χ0v) is 12.2. The molecule has 1 saturated heterocycles. The first-order chi connectivity index (χ1) is 10.6. The number of tetrazole rings is 1. The second-order valence-electron chi connectivity index (χ2n) is 4.98. The lowest BCUT2D eigenvalue weighted by Gasteiger charge is -2.31. The van der Waals surface area contributed by atoms with Gasteiger partial charge in [-0.3, -0.25) is 9.59 Å². The standard InChI is InChI=1S/C12H15N7O3/c1-7-13-5-8(11(20)14-7)12(21)19-3-4-22-9(6-19)10-15-16-17-18(10)2/h5,9H,3-4,6H2,1-2H3,(H,13,14,20). The highest BCUT2D eigenvalue weighted by Gasteiger charge is 2.30. The molecule has 1 atom stereocenters. The van der Waals surface area contributed by atoms with Crippen molar-refractivity contribution in [3.05, 3.63) is 33.8 Å². The van der Waals surface area contributed by atoms with E-state index in [1.54, 1.807) is 18.9 Å². The maximum atomic E-state index is 12.5. The van der Waals surface area contributed by atoms with Gasteiger partial charge in [0.25, 0.3) is 11.5 Å². The predicted molar refractivity (Wildman–Crippen MR) is 73.0 cm³/mol. The summed E-state index contributed by atoms with van der Waals surface area (Å²) in [6, 6.07) is 0. The van der Waals surface area contributed by atoms with Crippen LogP contribution in [0.3, 0.4) is 0 Å². The monoisotopic (exact) mass is 305 g/mol. The van der Waals surface area contributed by atoms with Crippen LogP contribution in [-0.2, 0) is 11.8 Å². The van der Waals surface area contributed by atoms with Crippen LogP contribution in [0.5, 0.6) is 0 Å². The van der Waals surface area contributed by atoms with Crippen molar-refractivity contribution in [3.8, 4) is 0 Å². The van der Waals surface area contributed by atoms with Crippen molar-refractivity contribution in [2.24, 2.45) is 7.05 Å². The SMILES string of the molecule is Cc1ncc(C(=O)N2CCOC(c3nnnn3C)C2)c(=O)[nH]1. The minimum atomic E-state index is -0.444. The zero-order chi connectivity index (χ0) is 15.7. The average molecular weight is 305 g/mol. The number of nitrogens with one attached hydrogen (secondary N) is 1. The van der Waals surface area contributed by atoms with Crippen LogP contribution in [0.1, 0.15) is 28.1 Å². The van der Waals surface area contributed by atoms with E-state index in [-0.39, 0.29) is 18.0 Å². The molecule has 0 radical (unpaired) electrons. The van der Waals surface area contributed by atoms with Crippen molar-refractivity contribution in [3.63, 3.8) is 0 Å². The molecule has 0 spiro atoms. The van der Waals surface area contributed by atoms with Crippen LogP contribution < -0.4 is 5.56 Å². The molecule has 2 aromatic heterocycles. The van der Waals surface area contributed by atoms with Crippen molar-refractivity contribution in [2.45, 2.75) is 13.0 Å². The summed E-state index contributed by atoms with van der Waals surface area (Å²) in [7, 11) is 1.70. The van der Waals surface area contributed by atoms with Gasteiger partial charge in [0.2, 0.25) is 0 Å². The Morgan fingerprint density at radius 3 is 3.00 bits per heavy atom. The number of ether oxygens (including phenoxy) is 1. The number of H-pyrrole nitrogens is 1. The number of aryl methyl sites for hydroxylation is 2. The van der Waals surface area contributed by atoms with Crippen molar-refractivity contribution in [2.75, 3.05) is 19.7 Å². The Hall–Kier alpha value is -2.62. The van der Waals surface area contributed by atoms with E-state index < -0.39 is 11.7 Å². The lowest BCUT2D eigenvalue weighted by Crippen LogP contribution is -2.44. The number of aromatic nitrogens is 6. The van der Waals surface area contributed by atoms with Crippen LogP contribution in [-0.4, -0.2) is 60.7 Å². The van der Waals surface area contributed by atoms with Gasteiger partial charge in [0.05, 0.1) is 13.2 Å². The fourth-order valence-electron chi connectivity index (χ4n) is 2.31. The molecule has 10 nitrogen and oxygen atoms in total. The Balaban J connectivity index is 1.81. The van der Waals surface area contributed by atoms with Gasteiger partial charge in [0.1, 0.15) is 17.5 Å². The van der Waals surface area contributed by atoms with Gasteiger partial charge < -0.3 is 14.6 Å². The Labute approximate surface area is 125 Å². The number of carbonyl (C=O) groups is 1. The van der Waals surface area contributed by atoms with Crippen molar-refractivity contribution in [1.29, 1.82) is 0 Å². The maximum Gasteiger partial charge on any atom is 0.263 e. The third-order valence-electron chi connectivity index (χ3n) is 3.45. The molecule has 0 aliphatic carbocycles. The van der Waals surface area contributed by atoms with Gasteiger partial charge in [0.15, 0.2) is 5.82 Å². The largest absolute Gasteiger partial charge is 0.366 e. The molecule has 22 heavy (non-hydrogen) atoms. The molecule has 3 heterocycles. The molecule has 0 aromatic carbocycles. The second-order valence-corrected chi connectivity index (χ2v) is 4.98. The summed E-state index contributed by atoms with van der Waals surface area (Å²) >= 11 is 0. The molecule has 10 heteroatoms. The number of morpholine rings is 1. The van der Waals surface area contributed by atoms with E-state index in [0.29, 0.717) is 24.8 Å². The van der Waals surface area contributed by atoms with Crippen LogP contribution in [0.15, 0.2) is 11.0 Å². The Kier molecular flexibility index (Phi) is 3.67. The highest BCUT2D eigenvalue weighted by Crippen LogP contribution is 2.20. The van der Waals surface area contributed by atoms with E-state index in [9.17, 15) is 9.59 Å². The minimum Gasteiger partial charge on any atom is -0.366 e. The third kappa shape index (κ3) is 2.60. The summed E-state index contributed by atoms with van der Waals surface area (Å²) in [5, 5.41) is 11.2. The summed E-state index contributed by atoms with van der Waals surface area (Å²) in [5.41, 5.74) is -0.428. The summed E-state index contributed by atoms with van der Waals surface area (Å²) in [6.45, 7) is 2.68. The maximum absolute atomic E-state index is 12.5. The first kappa shape index (κ1) is 14.3. The molecule has 3 rings (SSSR count). The number of nitrogens with zero attached hydrogens (tertiary/aromatic N) is 6. The smallest absolute Gasteiger partial charge is 0.263 e. The van der Waals surface area contributed by atoms with Crippen molar-refractivity contribution >= 4 is 5.91 Å². The van der Waals surface area contributed by atoms with E-state index in [4.69, 9.17) is 4.74 Å². The molecular formula is C12H15N7O3. The normalized spacial score (nSPS) is 18.5. The van der Waals surface area contributed by atoms with Gasteiger partial charge in [-0.1, -0.05) is 0 Å². The molecule has 1 amide bonds. The van der Waals surface area contributed by atoms with Crippen molar-refractivity contribution in [1.82, 2.24) is 35.1 Å². The van der Waals surface area contributed by atoms with E-state index >= 15 is 0 Å². The quantitative estimate of drug-likeness (QED) is 0.741. The molecule has 0 saturated carbocycles. The summed E-state index contributed by atoms with van der Waals surface area (Å²) in [5.74, 6) is 0.622. The Bertz CT molecular complexity index is 753. The van der Waals surface area contributed by atoms with Crippen LogP contribution in [0.25, 0.3) is 0 Å². The first-order valence-corrected chi connectivity index (χ1v) is 6.75. The lowest BCUT2D eigenvalue weighted by atomic mass is 10.2. The lowest BCUT2D eigenvalue weighted by molar-refractivity contribution is -0.0284. The summed E-state index contributed by atoms with van der Waals surface area (Å²) in [4.78, 5) is 32.4. The number of hydrogen-bond acceptors (Lipinski definition) is 7. The molecule has 1 aliphatic heterocycles. The highest BCUT2D eigenvalue weighted by molar-refractivity contribution is 5.93. The van der Waals surface area contributed by atoms with Crippen molar-refractivity contribution < 1.29 is 9.53 Å². The molecule has 1 fully saturated rings. The summed E-state index contributed by atoms with van der Waals surface area (Å²) in [6.07, 6.45) is 0.875. The van der Waals surface area contributed by atoms with Crippen LogP contribution >= 0.6 is 0 Å². The second kappa shape index (κ2) is 5.64.